The molecular weight excluding hydrogens is 167 g/mol. The zero-order chi connectivity index (χ0) is 8.20. The molecule has 0 heterocycles. The van der Waals surface area contributed by atoms with Crippen LogP contribution in [0.15, 0.2) is 0 Å². The molecule has 62 valence electrons. The van der Waals surface area contributed by atoms with Crippen LogP contribution in [0.2, 0.25) is 0 Å². The van der Waals surface area contributed by atoms with Gasteiger partial charge in [0.1, 0.15) is 0 Å². The summed E-state index contributed by atoms with van der Waals surface area (Å²) < 4.78 is 0. The summed E-state index contributed by atoms with van der Waals surface area (Å²) in [5, 5.41) is 0.238. The Morgan fingerprint density at radius 2 is 1.90 bits per heavy atom. The predicted molar refractivity (Wildman–Crippen MR) is 49.1 cm³/mol. The highest BCUT2D eigenvalue weighted by Gasteiger charge is 2.21. The third-order valence-corrected chi connectivity index (χ3v) is 2.71. The van der Waals surface area contributed by atoms with Gasteiger partial charge in [-0.25, -0.2) is 0 Å². The highest BCUT2D eigenvalue weighted by Crippen LogP contribution is 2.27. The van der Waals surface area contributed by atoms with Gasteiger partial charge < -0.3 is 0 Å². The topological polar surface area (TPSA) is 0 Å². The molecule has 0 aliphatic heterocycles. The molecule has 0 saturated carbocycles. The third kappa shape index (κ3) is 4.40. The van der Waals surface area contributed by atoms with E-state index < -0.39 is 0 Å². The zero-order valence-corrected chi connectivity index (χ0v) is 8.47. The molecule has 0 aromatic heterocycles. The van der Waals surface area contributed by atoms with Gasteiger partial charge in [-0.15, -0.1) is 23.2 Å². The summed E-state index contributed by atoms with van der Waals surface area (Å²) in [6, 6.07) is 0. The van der Waals surface area contributed by atoms with E-state index in [2.05, 4.69) is 13.8 Å². The minimum Gasteiger partial charge on any atom is -0.123 e. The molecule has 2 heteroatoms. The molecule has 0 amide bonds. The third-order valence-electron chi connectivity index (χ3n) is 1.83. The van der Waals surface area contributed by atoms with E-state index in [1.165, 1.54) is 0 Å². The van der Waals surface area contributed by atoms with Crippen LogP contribution in [0.1, 0.15) is 40.0 Å². The van der Waals surface area contributed by atoms with Crippen LogP contribution in [0.5, 0.6) is 0 Å². The van der Waals surface area contributed by atoms with Gasteiger partial charge in [0, 0.05) is 10.3 Å². The van der Waals surface area contributed by atoms with E-state index in [4.69, 9.17) is 23.2 Å². The van der Waals surface area contributed by atoms with Crippen LogP contribution in [-0.4, -0.2) is 10.3 Å². The summed E-state index contributed by atoms with van der Waals surface area (Å²) in [6.07, 6.45) is 2.89. The van der Waals surface area contributed by atoms with Crippen molar-refractivity contribution in [2.45, 2.75) is 50.3 Å². The maximum atomic E-state index is 6.11. The average Bonchev–Trinajstić information content (AvgIpc) is 1.87. The predicted octanol–water partition coefficient (Wildman–Crippen LogP) is 3.80. The van der Waals surface area contributed by atoms with E-state index in [1.54, 1.807) is 0 Å². The van der Waals surface area contributed by atoms with Gasteiger partial charge in [-0.1, -0.05) is 13.8 Å². The second-order valence-electron chi connectivity index (χ2n) is 2.98. The summed E-state index contributed by atoms with van der Waals surface area (Å²) in [6.45, 7) is 6.21. The van der Waals surface area contributed by atoms with Crippen molar-refractivity contribution >= 4 is 23.2 Å². The second-order valence-corrected chi connectivity index (χ2v) is 4.51. The molecule has 0 fully saturated rings. The van der Waals surface area contributed by atoms with E-state index >= 15 is 0 Å². The Hall–Kier alpha value is 0.580. The van der Waals surface area contributed by atoms with E-state index in [1.807, 2.05) is 6.92 Å². The summed E-state index contributed by atoms with van der Waals surface area (Å²) in [7, 11) is 0. The first kappa shape index (κ1) is 10.6. The van der Waals surface area contributed by atoms with Crippen LogP contribution in [-0.2, 0) is 0 Å². The van der Waals surface area contributed by atoms with E-state index in [0.717, 1.165) is 19.3 Å². The highest BCUT2D eigenvalue weighted by molar-refractivity contribution is 6.25. The Labute approximate surface area is 73.9 Å². The molecule has 0 aromatic carbocycles. The summed E-state index contributed by atoms with van der Waals surface area (Å²) in [4.78, 5) is -0.0948. The summed E-state index contributed by atoms with van der Waals surface area (Å²) >= 11 is 12.1. The van der Waals surface area contributed by atoms with Crippen molar-refractivity contribution in [3.63, 3.8) is 0 Å². The Bertz CT molecular complexity index is 89.3. The fourth-order valence-electron chi connectivity index (χ4n) is 0.750. The van der Waals surface area contributed by atoms with Crippen molar-refractivity contribution in [1.29, 1.82) is 0 Å². The molecule has 0 N–H and O–H groups in total. The van der Waals surface area contributed by atoms with Crippen LogP contribution < -0.4 is 0 Å². The standard InChI is InChI=1S/C8H16Cl2/c1-4-7(9)6-8(3,10)5-2/h7H,4-6H2,1-3H3. The van der Waals surface area contributed by atoms with Crippen LogP contribution >= 0.6 is 23.2 Å². The number of hydrogen-bond acceptors (Lipinski definition) is 0. The Morgan fingerprint density at radius 1 is 1.40 bits per heavy atom. The van der Waals surface area contributed by atoms with Gasteiger partial charge >= 0.3 is 0 Å². The molecule has 2 unspecified atom stereocenters. The van der Waals surface area contributed by atoms with Crippen LogP contribution in [0.25, 0.3) is 0 Å². The SMILES string of the molecule is CCC(Cl)CC(C)(Cl)CC. The lowest BCUT2D eigenvalue weighted by atomic mass is 10.0. The molecule has 0 aromatic rings. The lowest BCUT2D eigenvalue weighted by molar-refractivity contribution is 0.533. The number of hydrogen-bond donors (Lipinski definition) is 0. The summed E-state index contributed by atoms with van der Waals surface area (Å²) in [5.41, 5.74) is 0. The van der Waals surface area contributed by atoms with Gasteiger partial charge in [0.15, 0.2) is 0 Å². The number of rotatable bonds is 4. The molecular formula is C8H16Cl2. The first-order chi connectivity index (χ1) is 4.52. The van der Waals surface area contributed by atoms with Gasteiger partial charge in [0.2, 0.25) is 0 Å². The molecule has 0 saturated heterocycles. The fraction of sp³-hybridized carbons (Fsp3) is 1.00. The molecule has 0 aliphatic carbocycles. The number of alkyl halides is 2. The molecule has 10 heavy (non-hydrogen) atoms. The Morgan fingerprint density at radius 3 is 2.20 bits per heavy atom. The first-order valence-corrected chi connectivity index (χ1v) is 4.66. The van der Waals surface area contributed by atoms with Gasteiger partial charge in [0.25, 0.3) is 0 Å². The van der Waals surface area contributed by atoms with Crippen molar-refractivity contribution in [1.82, 2.24) is 0 Å². The van der Waals surface area contributed by atoms with Crippen molar-refractivity contribution in [3.8, 4) is 0 Å². The number of halogens is 2. The zero-order valence-electron chi connectivity index (χ0n) is 6.95. The normalized spacial score (nSPS) is 20.1. The quantitative estimate of drug-likeness (QED) is 0.581. The van der Waals surface area contributed by atoms with E-state index in [0.29, 0.717) is 0 Å². The average molecular weight is 183 g/mol. The lowest BCUT2D eigenvalue weighted by Crippen LogP contribution is -2.19. The molecule has 0 rings (SSSR count). The van der Waals surface area contributed by atoms with Crippen molar-refractivity contribution in [3.05, 3.63) is 0 Å². The monoisotopic (exact) mass is 182 g/mol. The molecule has 0 bridgehead atoms. The van der Waals surface area contributed by atoms with Crippen LogP contribution in [0, 0.1) is 0 Å². The van der Waals surface area contributed by atoms with E-state index in [9.17, 15) is 0 Å². The Kier molecular flexibility index (Phi) is 4.71. The van der Waals surface area contributed by atoms with E-state index in [-0.39, 0.29) is 10.3 Å². The molecule has 0 spiro atoms. The van der Waals surface area contributed by atoms with Gasteiger partial charge in [-0.05, 0) is 26.2 Å². The summed E-state index contributed by atoms with van der Waals surface area (Å²) in [5.74, 6) is 0. The van der Waals surface area contributed by atoms with Gasteiger partial charge in [-0.2, -0.15) is 0 Å². The molecule has 2 atom stereocenters. The fourth-order valence-corrected chi connectivity index (χ4v) is 1.36. The van der Waals surface area contributed by atoms with Gasteiger partial charge in [-0.3, -0.25) is 0 Å². The highest BCUT2D eigenvalue weighted by atomic mass is 35.5. The minimum absolute atomic E-state index is 0.0948. The first-order valence-electron chi connectivity index (χ1n) is 3.85. The molecule has 0 nitrogen and oxygen atoms in total. The van der Waals surface area contributed by atoms with Crippen molar-refractivity contribution in [2.24, 2.45) is 0 Å². The second kappa shape index (κ2) is 4.46. The maximum Gasteiger partial charge on any atom is 0.0430 e. The maximum absolute atomic E-state index is 6.11. The lowest BCUT2D eigenvalue weighted by Gasteiger charge is -2.21. The van der Waals surface area contributed by atoms with Crippen molar-refractivity contribution < 1.29 is 0 Å². The largest absolute Gasteiger partial charge is 0.123 e. The molecule has 0 radical (unpaired) electrons. The van der Waals surface area contributed by atoms with Gasteiger partial charge in [0.05, 0.1) is 0 Å². The van der Waals surface area contributed by atoms with Crippen LogP contribution in [0.4, 0.5) is 0 Å². The molecule has 0 aliphatic rings. The van der Waals surface area contributed by atoms with Crippen LogP contribution in [0.3, 0.4) is 0 Å². The Balaban J connectivity index is 3.64. The van der Waals surface area contributed by atoms with Crippen molar-refractivity contribution in [2.75, 3.05) is 0 Å². The minimum atomic E-state index is -0.0948. The smallest absolute Gasteiger partial charge is 0.0430 e.